The minimum absolute atomic E-state index is 0.0188. The summed E-state index contributed by atoms with van der Waals surface area (Å²) in [5.74, 6) is -0.645. The lowest BCUT2D eigenvalue weighted by Gasteiger charge is -2.14. The molecule has 33 heavy (non-hydrogen) atoms. The van der Waals surface area contributed by atoms with Crippen LogP contribution in [0.15, 0.2) is 51.1 Å². The van der Waals surface area contributed by atoms with Crippen molar-refractivity contribution in [3.63, 3.8) is 0 Å². The van der Waals surface area contributed by atoms with Crippen LogP contribution in [0.2, 0.25) is 0 Å². The van der Waals surface area contributed by atoms with Crippen LogP contribution in [-0.2, 0) is 22.5 Å². The van der Waals surface area contributed by atoms with Gasteiger partial charge in [0.05, 0.1) is 22.9 Å². The zero-order valence-electron chi connectivity index (χ0n) is 17.9. The number of nitro groups is 1. The molecule has 0 aliphatic heterocycles. The van der Waals surface area contributed by atoms with Gasteiger partial charge in [-0.15, -0.1) is 0 Å². The summed E-state index contributed by atoms with van der Waals surface area (Å²) in [7, 11) is 0. The van der Waals surface area contributed by atoms with E-state index in [4.69, 9.17) is 9.25 Å². The second-order valence-electron chi connectivity index (χ2n) is 7.59. The van der Waals surface area contributed by atoms with Gasteiger partial charge in [0.25, 0.3) is 11.6 Å². The molecule has 1 aliphatic rings. The van der Waals surface area contributed by atoms with E-state index in [1.54, 1.807) is 6.92 Å². The predicted octanol–water partition coefficient (Wildman–Crippen LogP) is 3.18. The Kier molecular flexibility index (Phi) is 6.34. The van der Waals surface area contributed by atoms with E-state index in [9.17, 15) is 20.0 Å². The Morgan fingerprint density at radius 2 is 2.03 bits per heavy atom. The lowest BCUT2D eigenvalue weighted by molar-refractivity contribution is -0.398. The van der Waals surface area contributed by atoms with Crippen LogP contribution in [0.4, 0.5) is 5.69 Å². The van der Waals surface area contributed by atoms with Crippen LogP contribution in [-0.4, -0.2) is 29.4 Å². The normalized spacial score (nSPS) is 13.8. The Hall–Kier alpha value is -4.21. The molecular weight excluding hydrogens is 428 g/mol. The van der Waals surface area contributed by atoms with Crippen LogP contribution in [0.5, 0.6) is 5.75 Å². The molecule has 0 radical (unpaired) electrons. The summed E-state index contributed by atoms with van der Waals surface area (Å²) >= 11 is 0. The highest BCUT2D eigenvalue weighted by molar-refractivity contribution is 6.05. The number of nitrogens with one attached hydrogen (secondary N) is 1. The molecule has 0 spiro atoms. The van der Waals surface area contributed by atoms with Crippen molar-refractivity contribution in [2.24, 2.45) is 10.3 Å². The number of rotatable bonds is 7. The van der Waals surface area contributed by atoms with Gasteiger partial charge in [0.2, 0.25) is 0 Å². The molecule has 170 valence electrons. The Balaban J connectivity index is 1.50. The number of fused-ring (bicyclic) bond motifs is 3. The minimum atomic E-state index is -0.779. The second kappa shape index (κ2) is 9.51. The molecule has 0 bridgehead atoms. The molecule has 1 aliphatic carbocycles. The van der Waals surface area contributed by atoms with E-state index in [0.717, 1.165) is 42.0 Å². The lowest BCUT2D eigenvalue weighted by Crippen LogP contribution is -2.22. The fraction of sp³-hybridized carbons (Fsp3) is 0.261. The number of hydrogen-bond acceptors (Lipinski definition) is 8. The SMILES string of the molecule is C/C(=N/OCC(=O)N/N=C\c1c([O-])c([N+](=O)[O-])cc2oc3c(c12)CCCC3)c1ccccc1. The van der Waals surface area contributed by atoms with E-state index in [1.807, 2.05) is 30.3 Å². The van der Waals surface area contributed by atoms with Gasteiger partial charge in [-0.2, -0.15) is 5.10 Å². The molecule has 0 atom stereocenters. The summed E-state index contributed by atoms with van der Waals surface area (Å²) in [6, 6.07) is 10.5. The molecular formula is C23H21N4O6-. The Labute approximate surface area is 188 Å². The molecule has 0 saturated carbocycles. The van der Waals surface area contributed by atoms with Gasteiger partial charge in [-0.05, 0) is 37.5 Å². The predicted molar refractivity (Wildman–Crippen MR) is 119 cm³/mol. The average molecular weight is 449 g/mol. The first-order chi connectivity index (χ1) is 16.0. The Morgan fingerprint density at radius 1 is 1.27 bits per heavy atom. The second-order valence-corrected chi connectivity index (χ2v) is 7.59. The van der Waals surface area contributed by atoms with Gasteiger partial charge in [-0.3, -0.25) is 14.9 Å². The number of furan rings is 1. The molecule has 4 rings (SSSR count). The van der Waals surface area contributed by atoms with Crippen molar-refractivity contribution in [3.05, 3.63) is 69.0 Å². The van der Waals surface area contributed by atoms with Crippen LogP contribution >= 0.6 is 0 Å². The molecule has 10 nitrogen and oxygen atoms in total. The number of oxime groups is 1. The molecule has 1 aromatic heterocycles. The first kappa shape index (κ1) is 22.0. The third kappa shape index (κ3) is 4.69. The maximum Gasteiger partial charge on any atom is 0.280 e. The smallest absolute Gasteiger partial charge is 0.280 e. The monoisotopic (exact) mass is 449 g/mol. The maximum atomic E-state index is 12.7. The maximum absolute atomic E-state index is 12.7. The first-order valence-electron chi connectivity index (χ1n) is 10.4. The van der Waals surface area contributed by atoms with Crippen molar-refractivity contribution in [3.8, 4) is 5.75 Å². The number of nitro benzene ring substituents is 1. The fourth-order valence-electron chi connectivity index (χ4n) is 3.80. The van der Waals surface area contributed by atoms with Crippen molar-refractivity contribution in [2.45, 2.75) is 32.6 Å². The minimum Gasteiger partial charge on any atom is -0.867 e. The number of benzene rings is 2. The lowest BCUT2D eigenvalue weighted by atomic mass is 9.93. The van der Waals surface area contributed by atoms with Crippen LogP contribution in [0.1, 0.15) is 42.2 Å². The van der Waals surface area contributed by atoms with E-state index < -0.39 is 28.9 Å². The van der Waals surface area contributed by atoms with E-state index in [0.29, 0.717) is 23.9 Å². The van der Waals surface area contributed by atoms with Gasteiger partial charge in [0.15, 0.2) is 6.61 Å². The fourth-order valence-corrected chi connectivity index (χ4v) is 3.80. The number of hydrogen-bond donors (Lipinski definition) is 1. The first-order valence-corrected chi connectivity index (χ1v) is 10.4. The largest absolute Gasteiger partial charge is 0.867 e. The quantitative estimate of drug-likeness (QED) is 0.333. The standard InChI is InChI=1S/C23H22N4O6/c1-14(15-7-3-2-4-8-15)26-32-13-21(28)25-24-12-17-22-16-9-5-6-10-19(16)33-20(22)11-18(23(17)29)27(30)31/h2-4,7-8,11-12,29H,5-6,9-10,13H2,1H3,(H,25,28)/p-1/b24-12-,26-14-. The third-order valence-electron chi connectivity index (χ3n) is 5.38. The zero-order chi connectivity index (χ0) is 23.4. The van der Waals surface area contributed by atoms with Crippen molar-refractivity contribution in [2.75, 3.05) is 6.61 Å². The van der Waals surface area contributed by atoms with Gasteiger partial charge in [-0.1, -0.05) is 35.5 Å². The van der Waals surface area contributed by atoms with Gasteiger partial charge in [-0.25, -0.2) is 5.43 Å². The number of carbonyl (C=O) groups is 1. The van der Waals surface area contributed by atoms with Crippen LogP contribution in [0, 0.1) is 10.1 Å². The van der Waals surface area contributed by atoms with Gasteiger partial charge < -0.3 is 14.4 Å². The molecule has 10 heteroatoms. The van der Waals surface area contributed by atoms with Crippen molar-refractivity contribution >= 4 is 34.5 Å². The summed E-state index contributed by atoms with van der Waals surface area (Å²) < 4.78 is 5.79. The van der Waals surface area contributed by atoms with Crippen molar-refractivity contribution < 1.29 is 24.1 Å². The van der Waals surface area contributed by atoms with E-state index in [-0.39, 0.29) is 11.1 Å². The van der Waals surface area contributed by atoms with Crippen molar-refractivity contribution in [1.82, 2.24) is 5.43 Å². The summed E-state index contributed by atoms with van der Waals surface area (Å²) in [6.45, 7) is 1.36. The molecule has 1 N–H and O–H groups in total. The number of aryl methyl sites for hydroxylation is 2. The number of hydrazone groups is 1. The highest BCUT2D eigenvalue weighted by Crippen LogP contribution is 2.40. The molecule has 3 aromatic rings. The van der Waals surface area contributed by atoms with Gasteiger partial charge in [0.1, 0.15) is 11.3 Å². The summed E-state index contributed by atoms with van der Waals surface area (Å²) in [5.41, 5.74) is 4.27. The highest BCUT2D eigenvalue weighted by atomic mass is 16.6. The molecule has 1 amide bonds. The number of carbonyl (C=O) groups excluding carboxylic acids is 1. The van der Waals surface area contributed by atoms with Crippen LogP contribution in [0.3, 0.4) is 0 Å². The summed E-state index contributed by atoms with van der Waals surface area (Å²) in [4.78, 5) is 27.7. The van der Waals surface area contributed by atoms with E-state index in [2.05, 4.69) is 15.7 Å². The summed E-state index contributed by atoms with van der Waals surface area (Å²) in [6.07, 6.45) is 4.42. The number of nitrogens with zero attached hydrogens (tertiary/aromatic N) is 3. The van der Waals surface area contributed by atoms with Crippen LogP contribution < -0.4 is 10.5 Å². The third-order valence-corrected chi connectivity index (χ3v) is 5.38. The van der Waals surface area contributed by atoms with E-state index >= 15 is 0 Å². The Morgan fingerprint density at radius 3 is 2.79 bits per heavy atom. The average Bonchev–Trinajstić information content (AvgIpc) is 3.19. The van der Waals surface area contributed by atoms with Crippen LogP contribution in [0.25, 0.3) is 11.0 Å². The van der Waals surface area contributed by atoms with Gasteiger partial charge in [0, 0.05) is 22.9 Å². The van der Waals surface area contributed by atoms with E-state index in [1.165, 1.54) is 0 Å². The zero-order valence-corrected chi connectivity index (χ0v) is 17.9. The number of amides is 1. The molecule has 1 heterocycles. The van der Waals surface area contributed by atoms with Crippen molar-refractivity contribution in [1.29, 1.82) is 0 Å². The topological polar surface area (TPSA) is 142 Å². The Bertz CT molecular complexity index is 1260. The molecule has 0 unspecified atom stereocenters. The molecule has 0 fully saturated rings. The molecule has 2 aromatic carbocycles. The highest BCUT2D eigenvalue weighted by Gasteiger charge is 2.24. The van der Waals surface area contributed by atoms with Gasteiger partial charge >= 0.3 is 0 Å². The summed E-state index contributed by atoms with van der Waals surface area (Å²) in [5, 5.41) is 32.3. The molecule has 0 saturated heterocycles.